The van der Waals surface area contributed by atoms with E-state index in [1.807, 2.05) is 30.3 Å². The SMILES string of the molecule is COc1ccc(NC(=O)[C@@H]2[C@@H]3C(=O)N(c4cccc(C(F)(F)F)c4)C(=O)[C@@H]3[C@H]3c4ccccc4C=CN23)cc1. The molecule has 3 aliphatic heterocycles. The molecule has 0 bridgehead atoms. The molecule has 0 aromatic heterocycles. The third-order valence-electron chi connectivity index (χ3n) is 7.52. The van der Waals surface area contributed by atoms with Crippen LogP contribution in [-0.4, -0.2) is 35.8 Å². The fraction of sp³-hybridized carbons (Fsp3) is 0.207. The van der Waals surface area contributed by atoms with Gasteiger partial charge in [0.25, 0.3) is 0 Å². The quantitative estimate of drug-likeness (QED) is 0.485. The highest BCUT2D eigenvalue weighted by atomic mass is 19.4. The lowest BCUT2D eigenvalue weighted by molar-refractivity contribution is -0.137. The molecular formula is C29H22F3N3O4. The van der Waals surface area contributed by atoms with Gasteiger partial charge in [-0.1, -0.05) is 30.3 Å². The highest BCUT2D eigenvalue weighted by Crippen LogP contribution is 2.53. The van der Waals surface area contributed by atoms with Crippen LogP contribution in [-0.2, 0) is 20.6 Å². The number of benzene rings is 3. The normalized spacial score (nSPS) is 23.4. The number of hydrogen-bond acceptors (Lipinski definition) is 5. The summed E-state index contributed by atoms with van der Waals surface area (Å²) in [5, 5.41) is 2.82. The van der Waals surface area contributed by atoms with Crippen LogP contribution in [0.25, 0.3) is 6.08 Å². The number of carbonyl (C=O) groups excluding carboxylic acids is 3. The van der Waals surface area contributed by atoms with Gasteiger partial charge in [0.2, 0.25) is 17.7 Å². The largest absolute Gasteiger partial charge is 0.497 e. The molecule has 0 saturated carbocycles. The van der Waals surface area contributed by atoms with Gasteiger partial charge >= 0.3 is 6.18 Å². The maximum atomic E-state index is 13.8. The summed E-state index contributed by atoms with van der Waals surface area (Å²) in [5.74, 6) is -3.33. The topological polar surface area (TPSA) is 79.0 Å². The van der Waals surface area contributed by atoms with Crippen molar-refractivity contribution in [3.05, 3.63) is 95.7 Å². The summed E-state index contributed by atoms with van der Waals surface area (Å²) >= 11 is 0. The summed E-state index contributed by atoms with van der Waals surface area (Å²) in [4.78, 5) is 43.9. The van der Waals surface area contributed by atoms with Gasteiger partial charge in [0.05, 0.1) is 36.2 Å². The van der Waals surface area contributed by atoms with Crippen molar-refractivity contribution in [1.82, 2.24) is 4.90 Å². The first-order valence-electron chi connectivity index (χ1n) is 12.2. The number of alkyl halides is 3. The number of amides is 3. The van der Waals surface area contributed by atoms with Crippen molar-refractivity contribution in [2.75, 3.05) is 17.3 Å². The van der Waals surface area contributed by atoms with E-state index >= 15 is 0 Å². The summed E-state index contributed by atoms with van der Waals surface area (Å²) in [6.07, 6.45) is -1.12. The lowest BCUT2D eigenvalue weighted by atomic mass is 9.84. The predicted octanol–water partition coefficient (Wildman–Crippen LogP) is 4.87. The van der Waals surface area contributed by atoms with Crippen LogP contribution in [0, 0.1) is 11.8 Å². The van der Waals surface area contributed by atoms with Crippen molar-refractivity contribution in [2.24, 2.45) is 11.8 Å². The maximum Gasteiger partial charge on any atom is 0.416 e. The Morgan fingerprint density at radius 3 is 2.36 bits per heavy atom. The van der Waals surface area contributed by atoms with Crippen molar-refractivity contribution in [3.63, 3.8) is 0 Å². The van der Waals surface area contributed by atoms with Gasteiger partial charge in [-0.15, -0.1) is 0 Å². The first-order chi connectivity index (χ1) is 18.7. The Morgan fingerprint density at radius 1 is 0.923 bits per heavy atom. The van der Waals surface area contributed by atoms with Crippen LogP contribution in [0.1, 0.15) is 22.7 Å². The average Bonchev–Trinajstić information content (AvgIpc) is 3.41. The van der Waals surface area contributed by atoms with Crippen LogP contribution in [0.2, 0.25) is 0 Å². The fourth-order valence-electron chi connectivity index (χ4n) is 5.82. The van der Waals surface area contributed by atoms with E-state index in [0.29, 0.717) is 11.4 Å². The van der Waals surface area contributed by atoms with Gasteiger partial charge in [0, 0.05) is 11.9 Å². The number of fused-ring (bicyclic) bond motifs is 5. The van der Waals surface area contributed by atoms with Crippen LogP contribution >= 0.6 is 0 Å². The Balaban J connectivity index is 1.42. The summed E-state index contributed by atoms with van der Waals surface area (Å²) in [6, 6.07) is 16.4. The summed E-state index contributed by atoms with van der Waals surface area (Å²) < 4.78 is 45.4. The molecule has 1 N–H and O–H groups in total. The zero-order valence-electron chi connectivity index (χ0n) is 20.6. The van der Waals surface area contributed by atoms with Gasteiger partial charge in [-0.2, -0.15) is 13.2 Å². The molecule has 3 aliphatic rings. The molecule has 0 spiro atoms. The molecule has 198 valence electrons. The zero-order valence-corrected chi connectivity index (χ0v) is 20.6. The number of carbonyl (C=O) groups is 3. The molecule has 3 amide bonds. The average molecular weight is 534 g/mol. The minimum atomic E-state index is -4.65. The minimum absolute atomic E-state index is 0.172. The van der Waals surface area contributed by atoms with Crippen LogP contribution in [0.3, 0.4) is 0 Å². The van der Waals surface area contributed by atoms with Gasteiger partial charge in [-0.25, -0.2) is 4.90 Å². The van der Waals surface area contributed by atoms with Gasteiger partial charge in [0.1, 0.15) is 11.8 Å². The Kier molecular flexibility index (Phi) is 5.71. The summed E-state index contributed by atoms with van der Waals surface area (Å²) in [5.41, 5.74) is 0.927. The molecular weight excluding hydrogens is 511 g/mol. The standard InChI is InChI=1S/C29H22F3N3O4/c1-39-20-11-9-18(10-12-20)33-26(36)25-23-22(24-21-8-3-2-5-16(21)13-14-34(24)25)27(37)35(28(23)38)19-7-4-6-17(15-19)29(30,31)32/h2-15,22-25H,1H3,(H,33,36)/t22-,23+,24+,25-/m0/s1. The highest BCUT2D eigenvalue weighted by molar-refractivity contribution is 6.24. The zero-order chi connectivity index (χ0) is 27.5. The molecule has 2 fully saturated rings. The van der Waals surface area contributed by atoms with Crippen LogP contribution in [0.5, 0.6) is 5.75 Å². The first kappa shape index (κ1) is 24.7. The van der Waals surface area contributed by atoms with E-state index in [1.54, 1.807) is 35.4 Å². The number of hydrogen-bond donors (Lipinski definition) is 1. The molecule has 3 aromatic rings. The third kappa shape index (κ3) is 3.94. The number of ether oxygens (including phenoxy) is 1. The van der Waals surface area contributed by atoms with Crippen molar-refractivity contribution in [1.29, 1.82) is 0 Å². The monoisotopic (exact) mass is 533 g/mol. The lowest BCUT2D eigenvalue weighted by Gasteiger charge is -2.35. The molecule has 3 aromatic carbocycles. The van der Waals surface area contributed by atoms with E-state index in [9.17, 15) is 27.6 Å². The van der Waals surface area contributed by atoms with Crippen molar-refractivity contribution < 1.29 is 32.3 Å². The third-order valence-corrected chi connectivity index (χ3v) is 7.52. The Labute approximate surface area is 221 Å². The van der Waals surface area contributed by atoms with Gasteiger partial charge in [0.15, 0.2) is 0 Å². The second-order valence-electron chi connectivity index (χ2n) is 9.61. The van der Waals surface area contributed by atoms with E-state index < -0.39 is 53.4 Å². The van der Waals surface area contributed by atoms with E-state index in [0.717, 1.165) is 34.2 Å². The number of methoxy groups -OCH3 is 1. The van der Waals surface area contributed by atoms with Gasteiger partial charge in [-0.3, -0.25) is 14.4 Å². The van der Waals surface area contributed by atoms with Gasteiger partial charge < -0.3 is 15.0 Å². The lowest BCUT2D eigenvalue weighted by Crippen LogP contribution is -2.46. The molecule has 0 radical (unpaired) electrons. The van der Waals surface area contributed by atoms with Crippen LogP contribution < -0.4 is 15.0 Å². The fourth-order valence-corrected chi connectivity index (χ4v) is 5.82. The van der Waals surface area contributed by atoms with E-state index in [1.165, 1.54) is 13.2 Å². The Hall–Kier alpha value is -4.60. The predicted molar refractivity (Wildman–Crippen MR) is 136 cm³/mol. The molecule has 2 saturated heterocycles. The molecule has 39 heavy (non-hydrogen) atoms. The first-order valence-corrected chi connectivity index (χ1v) is 12.2. The number of imide groups is 1. The van der Waals surface area contributed by atoms with E-state index in [4.69, 9.17) is 4.74 Å². The molecule has 0 unspecified atom stereocenters. The number of nitrogens with zero attached hydrogens (tertiary/aromatic N) is 2. The summed E-state index contributed by atoms with van der Waals surface area (Å²) in [7, 11) is 1.52. The smallest absolute Gasteiger partial charge is 0.416 e. The Morgan fingerprint density at radius 2 is 1.64 bits per heavy atom. The highest BCUT2D eigenvalue weighted by Gasteiger charge is 2.64. The van der Waals surface area contributed by atoms with E-state index in [-0.39, 0.29) is 5.69 Å². The van der Waals surface area contributed by atoms with Crippen molar-refractivity contribution in [3.8, 4) is 5.75 Å². The molecule has 10 heteroatoms. The molecule has 3 heterocycles. The number of nitrogens with one attached hydrogen (secondary N) is 1. The van der Waals surface area contributed by atoms with Crippen LogP contribution in [0.15, 0.2) is 79.0 Å². The second-order valence-corrected chi connectivity index (χ2v) is 9.61. The number of rotatable bonds is 4. The number of anilines is 2. The second kappa shape index (κ2) is 9.00. The summed E-state index contributed by atoms with van der Waals surface area (Å²) in [6.45, 7) is 0. The number of halogens is 3. The molecule has 7 nitrogen and oxygen atoms in total. The molecule has 0 aliphatic carbocycles. The Bertz CT molecular complexity index is 1520. The van der Waals surface area contributed by atoms with Crippen LogP contribution in [0.4, 0.5) is 24.5 Å². The van der Waals surface area contributed by atoms with Gasteiger partial charge in [-0.05, 0) is 59.7 Å². The minimum Gasteiger partial charge on any atom is -0.497 e. The van der Waals surface area contributed by atoms with Crippen molar-refractivity contribution in [2.45, 2.75) is 18.3 Å². The van der Waals surface area contributed by atoms with E-state index in [2.05, 4.69) is 5.32 Å². The molecule has 4 atom stereocenters. The maximum absolute atomic E-state index is 13.8. The van der Waals surface area contributed by atoms with Crippen molar-refractivity contribution >= 4 is 35.2 Å². The molecule has 6 rings (SSSR count).